The first kappa shape index (κ1) is 26.0. The minimum Gasteiger partial charge on any atom is -0.488 e. The zero-order valence-electron chi connectivity index (χ0n) is 20.8. The average molecular weight is 518 g/mol. The Balaban J connectivity index is 1.70. The number of carbonyl (C=O) groups is 1. The maximum Gasteiger partial charge on any atom is 0.343 e. The molecule has 0 bridgehead atoms. The third kappa shape index (κ3) is 5.19. The number of anilines is 2. The van der Waals surface area contributed by atoms with Gasteiger partial charge in [0.1, 0.15) is 18.0 Å². The van der Waals surface area contributed by atoms with Crippen molar-refractivity contribution in [3.8, 4) is 5.75 Å². The van der Waals surface area contributed by atoms with Crippen molar-refractivity contribution in [1.29, 1.82) is 0 Å². The normalized spacial score (nSPS) is 17.1. The lowest BCUT2D eigenvalue weighted by Gasteiger charge is -2.34. The molecule has 0 saturated carbocycles. The van der Waals surface area contributed by atoms with E-state index < -0.39 is 21.8 Å². The third-order valence-electron chi connectivity index (χ3n) is 6.69. The molecule has 4 rings (SSSR count). The summed E-state index contributed by atoms with van der Waals surface area (Å²) in [4.78, 5) is 17.0. The number of halogens is 1. The predicted octanol–water partition coefficient (Wildman–Crippen LogP) is 4.13. The number of hydrogen-bond acceptors (Lipinski definition) is 7. The van der Waals surface area contributed by atoms with Crippen molar-refractivity contribution in [2.75, 3.05) is 49.5 Å². The van der Waals surface area contributed by atoms with Crippen LogP contribution in [-0.4, -0.2) is 65.2 Å². The Labute approximate surface area is 211 Å². The van der Waals surface area contributed by atoms with Crippen molar-refractivity contribution in [1.82, 2.24) is 4.90 Å². The molecule has 8 nitrogen and oxygen atoms in total. The predicted molar refractivity (Wildman–Crippen MR) is 138 cm³/mol. The molecule has 2 aliphatic heterocycles. The number of nitrogens with one attached hydrogen (secondary N) is 1. The van der Waals surface area contributed by atoms with Crippen LogP contribution < -0.4 is 14.4 Å². The van der Waals surface area contributed by atoms with Gasteiger partial charge in [-0.15, -0.1) is 0 Å². The van der Waals surface area contributed by atoms with Gasteiger partial charge in [-0.25, -0.2) is 17.6 Å². The zero-order valence-corrected chi connectivity index (χ0v) is 21.6. The Kier molecular flexibility index (Phi) is 7.85. The summed E-state index contributed by atoms with van der Waals surface area (Å²) in [5.74, 6) is -0.951. The van der Waals surface area contributed by atoms with Crippen molar-refractivity contribution < 1.29 is 27.1 Å². The summed E-state index contributed by atoms with van der Waals surface area (Å²) >= 11 is 0. The smallest absolute Gasteiger partial charge is 0.343 e. The lowest BCUT2D eigenvalue weighted by atomic mass is 10.1. The van der Waals surface area contributed by atoms with Gasteiger partial charge in [0.05, 0.1) is 29.4 Å². The van der Waals surface area contributed by atoms with E-state index in [1.54, 1.807) is 24.3 Å². The Morgan fingerprint density at radius 2 is 2.06 bits per heavy atom. The van der Waals surface area contributed by atoms with Crippen molar-refractivity contribution in [2.24, 2.45) is 0 Å². The summed E-state index contributed by atoms with van der Waals surface area (Å²) in [6.07, 6.45) is 5.42. The molecule has 2 heterocycles. The van der Waals surface area contributed by atoms with Crippen LogP contribution in [0.1, 0.15) is 42.6 Å². The highest BCUT2D eigenvalue weighted by Crippen LogP contribution is 2.44. The van der Waals surface area contributed by atoms with E-state index in [1.807, 2.05) is 13.8 Å². The number of carbonyl (C=O) groups excluding carboxylic acids is 1. The summed E-state index contributed by atoms with van der Waals surface area (Å²) in [6, 6.07) is 7.03. The number of ether oxygens (including phenoxy) is 2. The third-order valence-corrected chi connectivity index (χ3v) is 8.13. The topological polar surface area (TPSA) is 88.2 Å². The molecular weight excluding hydrogens is 485 g/mol. The fourth-order valence-corrected chi connectivity index (χ4v) is 6.00. The van der Waals surface area contributed by atoms with Gasteiger partial charge in [-0.1, -0.05) is 26.0 Å². The number of likely N-dealkylation sites (N-methyl/N-ethyl adjacent to an activating group) is 1. The van der Waals surface area contributed by atoms with E-state index in [9.17, 15) is 17.6 Å². The molecule has 1 saturated heterocycles. The molecular formula is C26H32FN3O5S. The second-order valence-corrected chi connectivity index (χ2v) is 10.5. The fourth-order valence-electron chi connectivity index (χ4n) is 4.74. The quantitative estimate of drug-likeness (QED) is 0.501. The molecule has 2 aromatic rings. The van der Waals surface area contributed by atoms with E-state index in [0.29, 0.717) is 18.9 Å². The van der Waals surface area contributed by atoms with Crippen molar-refractivity contribution >= 4 is 33.4 Å². The molecule has 36 heavy (non-hydrogen) atoms. The number of sulfonamides is 1. The van der Waals surface area contributed by atoms with Gasteiger partial charge >= 0.3 is 5.97 Å². The van der Waals surface area contributed by atoms with Crippen molar-refractivity contribution in [3.05, 3.63) is 53.4 Å². The molecule has 0 radical (unpaired) electrons. The second-order valence-electron chi connectivity index (χ2n) is 8.80. The summed E-state index contributed by atoms with van der Waals surface area (Å²) in [5, 5.41) is 0. The lowest BCUT2D eigenvalue weighted by molar-refractivity contribution is 0.0596. The van der Waals surface area contributed by atoms with E-state index in [0.717, 1.165) is 44.2 Å². The Morgan fingerprint density at radius 1 is 1.28 bits per heavy atom. The summed E-state index contributed by atoms with van der Waals surface area (Å²) in [5.41, 5.74) is 1.02. The molecule has 0 aromatic heterocycles. The van der Waals surface area contributed by atoms with E-state index >= 15 is 0 Å². The highest BCUT2D eigenvalue weighted by atomic mass is 32.2. The van der Waals surface area contributed by atoms with Crippen LogP contribution in [0.2, 0.25) is 0 Å². The van der Waals surface area contributed by atoms with Crippen LogP contribution in [0.4, 0.5) is 15.8 Å². The van der Waals surface area contributed by atoms with Gasteiger partial charge in [0.15, 0.2) is 5.75 Å². The number of hydrogen-bond donors (Lipinski definition) is 1. The molecule has 0 unspecified atom stereocenters. The number of nitrogens with zero attached hydrogens (tertiary/aromatic N) is 2. The van der Waals surface area contributed by atoms with E-state index in [4.69, 9.17) is 9.47 Å². The molecule has 0 spiro atoms. The fraction of sp³-hybridized carbons (Fsp3) is 0.423. The standard InChI is InChI=1S/C26H32FN3O5S/c1-4-29(5-2)14-6-8-18-16-19(27)10-13-23(18)36(32,33)28-21-11-12-22-25(24(21)26(31)34-3)35-17-20-9-7-15-30(20)22/h6,8,10-13,16,20,28H,4-5,7,9,14-15,17H2,1-3H3/b8-6-/t20-/m1/s1. The second kappa shape index (κ2) is 10.9. The van der Waals surface area contributed by atoms with E-state index in [2.05, 4.69) is 14.5 Å². The molecule has 1 atom stereocenters. The first-order chi connectivity index (χ1) is 17.3. The molecule has 2 aromatic carbocycles. The zero-order chi connectivity index (χ0) is 25.9. The number of methoxy groups -OCH3 is 1. The average Bonchev–Trinajstić information content (AvgIpc) is 3.35. The van der Waals surface area contributed by atoms with Crippen molar-refractivity contribution in [2.45, 2.75) is 37.6 Å². The number of esters is 1. The maximum atomic E-state index is 14.0. The van der Waals surface area contributed by atoms with Crippen LogP contribution in [-0.2, 0) is 14.8 Å². The van der Waals surface area contributed by atoms with E-state index in [1.165, 1.54) is 19.2 Å². The molecule has 2 aliphatic rings. The number of rotatable bonds is 9. The first-order valence-electron chi connectivity index (χ1n) is 12.1. The summed E-state index contributed by atoms with van der Waals surface area (Å²) in [7, 11) is -2.95. The summed E-state index contributed by atoms with van der Waals surface area (Å²) in [6.45, 7) is 7.59. The Morgan fingerprint density at radius 3 is 2.78 bits per heavy atom. The van der Waals surface area contributed by atoms with Gasteiger partial charge in [-0.2, -0.15) is 0 Å². The van der Waals surface area contributed by atoms with Crippen LogP contribution >= 0.6 is 0 Å². The SMILES string of the molecule is CCN(CC)C/C=C\c1cc(F)ccc1S(=O)(=O)Nc1ccc2c(c1C(=O)OC)OC[C@H]1CCCN21. The van der Waals surface area contributed by atoms with Crippen molar-refractivity contribution in [3.63, 3.8) is 0 Å². The molecule has 194 valence electrons. The van der Waals surface area contributed by atoms with Gasteiger partial charge < -0.3 is 19.3 Å². The minimum absolute atomic E-state index is 0.0182. The van der Waals surface area contributed by atoms with Gasteiger partial charge in [0, 0.05) is 13.1 Å². The molecule has 0 aliphatic carbocycles. The van der Waals surface area contributed by atoms with Crippen LogP contribution in [0.5, 0.6) is 5.75 Å². The highest BCUT2D eigenvalue weighted by Gasteiger charge is 2.36. The van der Waals surface area contributed by atoms with Crippen LogP contribution in [0.3, 0.4) is 0 Å². The minimum atomic E-state index is -4.19. The van der Waals surface area contributed by atoms with Crippen LogP contribution in [0.15, 0.2) is 41.3 Å². The summed E-state index contributed by atoms with van der Waals surface area (Å²) < 4.78 is 54.4. The van der Waals surface area contributed by atoms with Crippen LogP contribution in [0.25, 0.3) is 6.08 Å². The number of fused-ring (bicyclic) bond motifs is 3. The van der Waals surface area contributed by atoms with Crippen LogP contribution in [0, 0.1) is 5.82 Å². The highest BCUT2D eigenvalue weighted by molar-refractivity contribution is 7.92. The molecule has 0 amide bonds. The molecule has 1 fully saturated rings. The largest absolute Gasteiger partial charge is 0.488 e. The van der Waals surface area contributed by atoms with Gasteiger partial charge in [-0.05, 0) is 61.8 Å². The van der Waals surface area contributed by atoms with Gasteiger partial charge in [0.25, 0.3) is 10.0 Å². The lowest BCUT2D eigenvalue weighted by Crippen LogP contribution is -2.38. The number of benzene rings is 2. The van der Waals surface area contributed by atoms with E-state index in [-0.39, 0.29) is 27.8 Å². The first-order valence-corrected chi connectivity index (χ1v) is 13.6. The Bertz CT molecular complexity index is 1260. The molecule has 1 N–H and O–H groups in total. The Hall–Kier alpha value is -3.11. The monoisotopic (exact) mass is 517 g/mol. The van der Waals surface area contributed by atoms with Gasteiger partial charge in [0.2, 0.25) is 0 Å². The maximum absolute atomic E-state index is 14.0. The van der Waals surface area contributed by atoms with Gasteiger partial charge in [-0.3, -0.25) is 4.72 Å². The molecule has 10 heteroatoms.